The molecule has 1 unspecified atom stereocenters. The van der Waals surface area contributed by atoms with Crippen LogP contribution in [0.4, 0.5) is 10.5 Å². The summed E-state index contributed by atoms with van der Waals surface area (Å²) in [5, 5.41) is 3.59. The van der Waals surface area contributed by atoms with Crippen LogP contribution in [0, 0.1) is 6.92 Å². The van der Waals surface area contributed by atoms with E-state index in [1.165, 1.54) is 27.4 Å². The third-order valence-corrected chi connectivity index (χ3v) is 7.76. The molecule has 0 radical (unpaired) electrons. The molecule has 0 aliphatic rings. The van der Waals surface area contributed by atoms with Crippen LogP contribution in [-0.2, 0) is 16.0 Å². The molecule has 11 heteroatoms. The molecule has 0 aliphatic heterocycles. The van der Waals surface area contributed by atoms with Crippen molar-refractivity contribution in [2.75, 3.05) is 59.4 Å². The summed E-state index contributed by atoms with van der Waals surface area (Å²) >= 11 is 0. The number of urea groups is 1. The van der Waals surface area contributed by atoms with E-state index in [0.717, 1.165) is 24.0 Å². The van der Waals surface area contributed by atoms with Gasteiger partial charge in [-0.3, -0.25) is 0 Å². The molecule has 0 aliphatic carbocycles. The lowest BCUT2D eigenvalue weighted by atomic mass is 10.0. The number of benzene rings is 2. The number of hydrogen-bond acceptors (Lipinski definition) is 9. The third kappa shape index (κ3) is 8.78. The van der Waals surface area contributed by atoms with Crippen LogP contribution in [0.3, 0.4) is 0 Å². The highest BCUT2D eigenvalue weighted by atomic mass is 16.5. The largest absolute Gasteiger partial charge is 0.493 e. The fourth-order valence-electron chi connectivity index (χ4n) is 5.13. The Hall–Kier alpha value is -4.51. The summed E-state index contributed by atoms with van der Waals surface area (Å²) in [5.74, 6) is 0.809. The van der Waals surface area contributed by atoms with E-state index in [0.29, 0.717) is 59.3 Å². The molecule has 1 atom stereocenters. The molecule has 3 rings (SSSR count). The lowest BCUT2D eigenvalue weighted by Gasteiger charge is -2.25. The molecule has 1 heterocycles. The first-order valence-corrected chi connectivity index (χ1v) is 15.2. The van der Waals surface area contributed by atoms with Gasteiger partial charge in [-0.25, -0.2) is 14.4 Å². The SMILES string of the molecule is CCN(CC)CC(Cc1c(C)c2ccc(NC(=O)N(CC)CC)cc2oc1=O)OC(=O)/C=C/c1cc(OC)c(OC)c(OC)c1. The number of hydrogen-bond donors (Lipinski definition) is 1. The Balaban J connectivity index is 1.87. The first-order chi connectivity index (χ1) is 21.6. The molecular formula is C34H45N3O8. The van der Waals surface area contributed by atoms with Crippen molar-refractivity contribution in [3.63, 3.8) is 0 Å². The van der Waals surface area contributed by atoms with Crippen molar-refractivity contribution in [1.29, 1.82) is 0 Å². The highest BCUT2D eigenvalue weighted by Crippen LogP contribution is 2.38. The lowest BCUT2D eigenvalue weighted by Crippen LogP contribution is -2.37. The van der Waals surface area contributed by atoms with Crippen molar-refractivity contribution in [3.05, 3.63) is 63.5 Å². The fourth-order valence-corrected chi connectivity index (χ4v) is 5.13. The maximum absolute atomic E-state index is 13.3. The predicted molar refractivity (Wildman–Crippen MR) is 176 cm³/mol. The number of aryl methyl sites for hydroxylation is 1. The van der Waals surface area contributed by atoms with Crippen LogP contribution in [0.1, 0.15) is 44.4 Å². The van der Waals surface area contributed by atoms with Crippen molar-refractivity contribution in [2.45, 2.75) is 47.1 Å². The Morgan fingerprint density at radius 1 is 0.933 bits per heavy atom. The molecule has 0 saturated heterocycles. The van der Waals surface area contributed by atoms with Gasteiger partial charge in [0.2, 0.25) is 5.75 Å². The van der Waals surface area contributed by atoms with E-state index in [1.54, 1.807) is 35.2 Å². The van der Waals surface area contributed by atoms with Crippen LogP contribution in [0.2, 0.25) is 0 Å². The standard InChI is InChI=1S/C34H45N3O8/c1-9-36(10-2)21-25(44-31(38)16-13-23-17-29(41-6)32(43-8)30(18-23)42-7)20-27-22(5)26-15-14-24(19-28(26)45-33(27)39)35-34(40)37(11-3)12-4/h13-19,25H,9-12,20-21H2,1-8H3,(H,35,40)/b16-13+. The second kappa shape index (κ2) is 16.5. The van der Waals surface area contributed by atoms with E-state index in [4.69, 9.17) is 23.4 Å². The predicted octanol–water partition coefficient (Wildman–Crippen LogP) is 5.51. The average Bonchev–Trinajstić information content (AvgIpc) is 3.04. The van der Waals surface area contributed by atoms with Gasteiger partial charge in [-0.2, -0.15) is 0 Å². The monoisotopic (exact) mass is 623 g/mol. The van der Waals surface area contributed by atoms with Crippen LogP contribution >= 0.6 is 0 Å². The minimum absolute atomic E-state index is 0.171. The molecule has 0 saturated carbocycles. The van der Waals surface area contributed by atoms with Crippen molar-refractivity contribution < 1.29 is 33.0 Å². The number of methoxy groups -OCH3 is 3. The number of carbonyl (C=O) groups excluding carboxylic acids is 2. The third-order valence-electron chi connectivity index (χ3n) is 7.76. The van der Waals surface area contributed by atoms with Crippen LogP contribution in [0.5, 0.6) is 17.2 Å². The molecule has 0 bridgehead atoms. The maximum atomic E-state index is 13.3. The lowest BCUT2D eigenvalue weighted by molar-refractivity contribution is -0.143. The van der Waals surface area contributed by atoms with E-state index in [1.807, 2.05) is 40.7 Å². The van der Waals surface area contributed by atoms with Gasteiger partial charge in [0.15, 0.2) is 11.5 Å². The van der Waals surface area contributed by atoms with Crippen LogP contribution < -0.4 is 25.2 Å². The molecule has 3 aromatic rings. The number of carbonyl (C=O) groups is 2. The van der Waals surface area contributed by atoms with Crippen molar-refractivity contribution in [2.24, 2.45) is 0 Å². The van der Waals surface area contributed by atoms with Gasteiger partial charge in [0.1, 0.15) is 11.7 Å². The average molecular weight is 624 g/mol. The van der Waals surface area contributed by atoms with Gasteiger partial charge >= 0.3 is 17.6 Å². The molecule has 0 spiro atoms. The smallest absolute Gasteiger partial charge is 0.339 e. The Morgan fingerprint density at radius 2 is 1.58 bits per heavy atom. The van der Waals surface area contributed by atoms with Crippen LogP contribution in [0.15, 0.2) is 45.6 Å². The number of ether oxygens (including phenoxy) is 4. The Labute approximate surface area is 264 Å². The minimum atomic E-state index is -0.617. The fraction of sp³-hybridized carbons (Fsp3) is 0.441. The molecule has 244 valence electrons. The summed E-state index contributed by atoms with van der Waals surface area (Å²) in [5.41, 5.74) is 2.20. The molecule has 1 N–H and O–H groups in total. The van der Waals surface area contributed by atoms with Gasteiger partial charge in [0, 0.05) is 54.8 Å². The molecule has 0 fully saturated rings. The number of anilines is 1. The van der Waals surface area contributed by atoms with Crippen LogP contribution in [-0.4, -0.2) is 82.0 Å². The normalized spacial score (nSPS) is 11.9. The van der Waals surface area contributed by atoms with Gasteiger partial charge in [-0.05, 0) is 75.3 Å². The summed E-state index contributed by atoms with van der Waals surface area (Å²) in [6, 6.07) is 8.47. The second-order valence-electron chi connectivity index (χ2n) is 10.3. The molecular weight excluding hydrogens is 578 g/mol. The number of likely N-dealkylation sites (N-methyl/N-ethyl adjacent to an activating group) is 1. The van der Waals surface area contributed by atoms with Crippen molar-refractivity contribution >= 4 is 34.7 Å². The van der Waals surface area contributed by atoms with Gasteiger partial charge in [-0.1, -0.05) is 13.8 Å². The second-order valence-corrected chi connectivity index (χ2v) is 10.3. The number of amides is 2. The molecule has 2 aromatic carbocycles. The van der Waals surface area contributed by atoms with Gasteiger partial charge < -0.3 is 38.5 Å². The summed E-state index contributed by atoms with van der Waals surface area (Å²) in [7, 11) is 4.56. The first kappa shape index (κ1) is 35.0. The Kier molecular flexibility index (Phi) is 12.8. The maximum Gasteiger partial charge on any atom is 0.339 e. The van der Waals surface area contributed by atoms with E-state index >= 15 is 0 Å². The molecule has 1 aromatic heterocycles. The highest BCUT2D eigenvalue weighted by molar-refractivity contribution is 5.93. The van der Waals surface area contributed by atoms with Crippen LogP contribution in [0.25, 0.3) is 17.0 Å². The molecule has 11 nitrogen and oxygen atoms in total. The highest BCUT2D eigenvalue weighted by Gasteiger charge is 2.22. The van der Waals surface area contributed by atoms with Crippen molar-refractivity contribution in [3.8, 4) is 17.2 Å². The van der Waals surface area contributed by atoms with E-state index in [2.05, 4.69) is 10.2 Å². The summed E-state index contributed by atoms with van der Waals surface area (Å²) in [4.78, 5) is 42.6. The summed E-state index contributed by atoms with van der Waals surface area (Å²) < 4.78 is 27.8. The number of esters is 1. The zero-order chi connectivity index (χ0) is 33.1. The quantitative estimate of drug-likeness (QED) is 0.133. The first-order valence-electron chi connectivity index (χ1n) is 15.2. The Bertz CT molecular complexity index is 1530. The zero-order valence-electron chi connectivity index (χ0n) is 27.5. The van der Waals surface area contributed by atoms with E-state index in [-0.39, 0.29) is 12.5 Å². The minimum Gasteiger partial charge on any atom is -0.493 e. The van der Waals surface area contributed by atoms with Crippen molar-refractivity contribution in [1.82, 2.24) is 9.80 Å². The van der Waals surface area contributed by atoms with Gasteiger partial charge in [0.25, 0.3) is 0 Å². The molecule has 45 heavy (non-hydrogen) atoms. The summed E-state index contributed by atoms with van der Waals surface area (Å²) in [6.07, 6.45) is 2.49. The topological polar surface area (TPSA) is 120 Å². The number of fused-ring (bicyclic) bond motifs is 1. The summed E-state index contributed by atoms with van der Waals surface area (Å²) in [6.45, 7) is 12.8. The number of nitrogens with zero attached hydrogens (tertiary/aromatic N) is 2. The number of rotatable bonds is 15. The molecule has 2 amide bonds. The van der Waals surface area contributed by atoms with Gasteiger partial charge in [-0.15, -0.1) is 0 Å². The van der Waals surface area contributed by atoms with Gasteiger partial charge in [0.05, 0.1) is 21.3 Å². The van der Waals surface area contributed by atoms with E-state index < -0.39 is 17.7 Å². The number of nitrogens with one attached hydrogen (secondary N) is 1. The van der Waals surface area contributed by atoms with E-state index in [9.17, 15) is 14.4 Å². The Morgan fingerprint density at radius 3 is 2.13 bits per heavy atom. The zero-order valence-corrected chi connectivity index (χ0v) is 27.5.